The molecule has 0 aliphatic carbocycles. The second-order valence-electron chi connectivity index (χ2n) is 8.11. The summed E-state index contributed by atoms with van der Waals surface area (Å²) in [5.41, 5.74) is 2.05. The topological polar surface area (TPSA) is 104 Å². The van der Waals surface area contributed by atoms with Crippen LogP contribution in [0.4, 0.5) is 17.1 Å². The summed E-state index contributed by atoms with van der Waals surface area (Å²) in [4.78, 5) is 0.388. The van der Waals surface area contributed by atoms with Gasteiger partial charge in [-0.2, -0.15) is 0 Å². The van der Waals surface area contributed by atoms with Gasteiger partial charge in [-0.1, -0.05) is 24.3 Å². The Morgan fingerprint density at radius 1 is 0.645 bits per heavy atom. The van der Waals surface area contributed by atoms with Crippen LogP contribution < -0.4 is 15.4 Å². The first-order valence-corrected chi connectivity index (χ1v) is 13.6. The molecule has 174 valence electrons. The normalized spacial score (nSPS) is 11.8. The Morgan fingerprint density at radius 2 is 1.06 bits per heavy atom. The highest BCUT2D eigenvalue weighted by Crippen LogP contribution is 2.25. The van der Waals surface area contributed by atoms with E-state index in [-0.39, 0.29) is 12.1 Å². The average Bonchev–Trinajstić information content (AvgIpc) is 2.62. The first kappa shape index (κ1) is 26.8. The SMILES string of the molecule is CC(C)Nc1ccccc1NS(C)(=O)=O.CC(C)Nc1ccccc1S(=O)(=O)C(C)C. The van der Waals surface area contributed by atoms with E-state index in [0.717, 1.165) is 11.9 Å². The van der Waals surface area contributed by atoms with Gasteiger partial charge < -0.3 is 10.6 Å². The van der Waals surface area contributed by atoms with E-state index in [1.165, 1.54) is 0 Å². The summed E-state index contributed by atoms with van der Waals surface area (Å²) in [6.45, 7) is 11.4. The van der Waals surface area contributed by atoms with Gasteiger partial charge in [0.25, 0.3) is 0 Å². The summed E-state index contributed by atoms with van der Waals surface area (Å²) >= 11 is 0. The number of sulfonamides is 1. The highest BCUT2D eigenvalue weighted by Gasteiger charge is 2.22. The van der Waals surface area contributed by atoms with Crippen molar-refractivity contribution in [1.82, 2.24) is 0 Å². The van der Waals surface area contributed by atoms with Crippen LogP contribution >= 0.6 is 0 Å². The number of rotatable bonds is 8. The lowest BCUT2D eigenvalue weighted by Crippen LogP contribution is -2.18. The third-order valence-electron chi connectivity index (χ3n) is 3.92. The lowest BCUT2D eigenvalue weighted by molar-refractivity contribution is 0.587. The molecule has 0 atom stereocenters. The molecule has 2 rings (SSSR count). The Kier molecular flexibility index (Phi) is 9.83. The molecule has 0 spiro atoms. The van der Waals surface area contributed by atoms with E-state index < -0.39 is 25.1 Å². The van der Waals surface area contributed by atoms with Crippen LogP contribution in [0.2, 0.25) is 0 Å². The number of hydrogen-bond donors (Lipinski definition) is 3. The average molecular weight is 470 g/mol. The minimum Gasteiger partial charge on any atom is -0.382 e. The largest absolute Gasteiger partial charge is 0.382 e. The van der Waals surface area contributed by atoms with E-state index in [1.54, 1.807) is 44.2 Å². The van der Waals surface area contributed by atoms with Crippen LogP contribution in [0.15, 0.2) is 53.4 Å². The molecule has 0 unspecified atom stereocenters. The maximum absolute atomic E-state index is 12.1. The predicted molar refractivity (Wildman–Crippen MR) is 131 cm³/mol. The summed E-state index contributed by atoms with van der Waals surface area (Å²) < 4.78 is 48.9. The molecule has 0 amide bonds. The molecule has 3 N–H and O–H groups in total. The van der Waals surface area contributed by atoms with Crippen LogP contribution in [-0.4, -0.2) is 40.4 Å². The third-order valence-corrected chi connectivity index (χ3v) is 6.73. The quantitative estimate of drug-likeness (QED) is 0.523. The van der Waals surface area contributed by atoms with Gasteiger partial charge in [-0.25, -0.2) is 16.8 Å². The van der Waals surface area contributed by atoms with Crippen molar-refractivity contribution in [2.24, 2.45) is 0 Å². The monoisotopic (exact) mass is 469 g/mol. The van der Waals surface area contributed by atoms with Gasteiger partial charge in [0.05, 0.1) is 33.5 Å². The van der Waals surface area contributed by atoms with Crippen molar-refractivity contribution >= 4 is 36.9 Å². The summed E-state index contributed by atoms with van der Waals surface area (Å²) in [7, 11) is -6.44. The lowest BCUT2D eigenvalue weighted by Gasteiger charge is -2.16. The number of benzene rings is 2. The van der Waals surface area contributed by atoms with E-state index in [0.29, 0.717) is 16.3 Å². The Hall–Kier alpha value is -2.26. The number of anilines is 3. The van der Waals surface area contributed by atoms with Gasteiger partial charge in [-0.05, 0) is 65.8 Å². The van der Waals surface area contributed by atoms with Crippen molar-refractivity contribution in [1.29, 1.82) is 0 Å². The number of para-hydroxylation sites is 3. The molecule has 0 aromatic heterocycles. The highest BCUT2D eigenvalue weighted by atomic mass is 32.2. The van der Waals surface area contributed by atoms with Crippen molar-refractivity contribution in [3.05, 3.63) is 48.5 Å². The molecule has 2 aromatic carbocycles. The van der Waals surface area contributed by atoms with Crippen molar-refractivity contribution < 1.29 is 16.8 Å². The van der Waals surface area contributed by atoms with Crippen LogP contribution in [0.3, 0.4) is 0 Å². The zero-order valence-corrected chi connectivity index (χ0v) is 20.9. The van der Waals surface area contributed by atoms with Crippen LogP contribution in [0.25, 0.3) is 0 Å². The van der Waals surface area contributed by atoms with Gasteiger partial charge in [0.1, 0.15) is 0 Å². The molecule has 7 nitrogen and oxygen atoms in total. The van der Waals surface area contributed by atoms with E-state index in [9.17, 15) is 16.8 Å². The van der Waals surface area contributed by atoms with E-state index in [1.807, 2.05) is 45.9 Å². The lowest BCUT2D eigenvalue weighted by atomic mass is 10.2. The Balaban J connectivity index is 0.000000311. The van der Waals surface area contributed by atoms with Crippen LogP contribution in [-0.2, 0) is 19.9 Å². The van der Waals surface area contributed by atoms with Crippen molar-refractivity contribution in [2.45, 2.75) is 63.8 Å². The highest BCUT2D eigenvalue weighted by molar-refractivity contribution is 7.92. The molecular weight excluding hydrogens is 434 g/mol. The molecular formula is C22H35N3O4S2. The number of nitrogens with one attached hydrogen (secondary N) is 3. The molecule has 9 heteroatoms. The van der Waals surface area contributed by atoms with Gasteiger partial charge in [0, 0.05) is 12.1 Å². The second-order valence-corrected chi connectivity index (χ2v) is 12.3. The molecule has 0 aliphatic rings. The summed E-state index contributed by atoms with van der Waals surface area (Å²) in [5.74, 6) is 0. The Labute approximate surface area is 187 Å². The molecule has 2 aromatic rings. The van der Waals surface area contributed by atoms with Crippen molar-refractivity contribution in [3.63, 3.8) is 0 Å². The van der Waals surface area contributed by atoms with Gasteiger partial charge in [0.15, 0.2) is 9.84 Å². The second kappa shape index (κ2) is 11.4. The standard InChI is InChI=1S/C12H19NO2S.C10H16N2O2S/c1-9(2)13-11-7-5-6-8-12(11)16(14,15)10(3)4;1-8(2)11-9-6-4-5-7-10(9)12-15(3,13)14/h5-10,13H,1-4H3;4-8,11-12H,1-3H3. The summed E-state index contributed by atoms with van der Waals surface area (Å²) in [5, 5.41) is 5.92. The van der Waals surface area contributed by atoms with E-state index in [2.05, 4.69) is 15.4 Å². The van der Waals surface area contributed by atoms with Crippen LogP contribution in [0, 0.1) is 0 Å². The molecule has 0 aliphatic heterocycles. The number of hydrogen-bond acceptors (Lipinski definition) is 6. The van der Waals surface area contributed by atoms with Gasteiger partial charge in [-0.3, -0.25) is 4.72 Å². The zero-order valence-electron chi connectivity index (χ0n) is 19.3. The van der Waals surface area contributed by atoms with Crippen molar-refractivity contribution in [3.8, 4) is 0 Å². The Bertz CT molecular complexity index is 1050. The predicted octanol–water partition coefficient (Wildman–Crippen LogP) is 4.57. The Morgan fingerprint density at radius 3 is 1.52 bits per heavy atom. The molecule has 0 saturated heterocycles. The minimum atomic E-state index is -3.23. The fourth-order valence-corrected chi connectivity index (χ4v) is 4.39. The van der Waals surface area contributed by atoms with E-state index in [4.69, 9.17) is 0 Å². The summed E-state index contributed by atoms with van der Waals surface area (Å²) in [6, 6.07) is 14.7. The van der Waals surface area contributed by atoms with Gasteiger partial charge >= 0.3 is 0 Å². The van der Waals surface area contributed by atoms with Crippen LogP contribution in [0.1, 0.15) is 41.5 Å². The van der Waals surface area contributed by atoms with Crippen molar-refractivity contribution in [2.75, 3.05) is 21.6 Å². The molecule has 31 heavy (non-hydrogen) atoms. The third kappa shape index (κ3) is 9.18. The molecule has 0 fully saturated rings. The first-order chi connectivity index (χ1) is 14.2. The molecule has 0 heterocycles. The van der Waals surface area contributed by atoms with Crippen LogP contribution in [0.5, 0.6) is 0 Å². The molecule has 0 radical (unpaired) electrons. The minimum absolute atomic E-state index is 0.212. The fraction of sp³-hybridized carbons (Fsp3) is 0.455. The maximum Gasteiger partial charge on any atom is 0.229 e. The van der Waals surface area contributed by atoms with Gasteiger partial charge in [0.2, 0.25) is 10.0 Å². The molecule has 0 saturated carbocycles. The first-order valence-electron chi connectivity index (χ1n) is 10.2. The smallest absolute Gasteiger partial charge is 0.229 e. The maximum atomic E-state index is 12.1. The molecule has 0 bridgehead atoms. The van der Waals surface area contributed by atoms with E-state index >= 15 is 0 Å². The fourth-order valence-electron chi connectivity index (χ4n) is 2.61. The van der Waals surface area contributed by atoms with Gasteiger partial charge in [-0.15, -0.1) is 0 Å². The number of sulfone groups is 1. The zero-order chi connectivity index (χ0) is 23.8. The summed E-state index contributed by atoms with van der Waals surface area (Å²) in [6.07, 6.45) is 1.14.